The number of tetrazole rings is 1. The molecule has 4 aromatic rings. The van der Waals surface area contributed by atoms with Crippen molar-refractivity contribution >= 4 is 12.2 Å². The standard InChI is InChI=1S/C19H19FN8S/c1-14(15-6-8-17(9-7-15)26-12-21-11-22-26)25(2)13-27-19(29)28(24-23-27)18-5-3-4-16(20)10-18/h3-12,14H,13H2,1-2H3/p+1/t14-/m1/s1. The molecule has 148 valence electrons. The number of hydrogen-bond donors (Lipinski definition) is 1. The molecule has 0 radical (unpaired) electrons. The maximum atomic E-state index is 13.5. The van der Waals surface area contributed by atoms with Crippen LogP contribution in [0.2, 0.25) is 0 Å². The van der Waals surface area contributed by atoms with Crippen molar-refractivity contribution in [2.45, 2.75) is 19.6 Å². The summed E-state index contributed by atoms with van der Waals surface area (Å²) in [6, 6.07) is 14.5. The number of benzene rings is 2. The Labute approximate surface area is 171 Å². The van der Waals surface area contributed by atoms with Crippen LogP contribution in [0.15, 0.2) is 61.2 Å². The summed E-state index contributed by atoms with van der Waals surface area (Å²) in [5.74, 6) is -0.343. The molecule has 0 fully saturated rings. The first kappa shape index (κ1) is 19.1. The van der Waals surface area contributed by atoms with E-state index in [1.807, 2.05) is 12.1 Å². The lowest BCUT2D eigenvalue weighted by atomic mass is 10.1. The van der Waals surface area contributed by atoms with Crippen LogP contribution in [0.1, 0.15) is 18.5 Å². The van der Waals surface area contributed by atoms with Crippen LogP contribution in [0.3, 0.4) is 0 Å². The number of hydrogen-bond acceptors (Lipinski definition) is 5. The summed E-state index contributed by atoms with van der Waals surface area (Å²) in [5, 5.41) is 12.4. The summed E-state index contributed by atoms with van der Waals surface area (Å²) in [6.45, 7) is 2.67. The molecule has 1 unspecified atom stereocenters. The minimum atomic E-state index is -0.343. The van der Waals surface area contributed by atoms with Crippen LogP contribution in [0, 0.1) is 10.6 Å². The van der Waals surface area contributed by atoms with Crippen molar-refractivity contribution in [1.82, 2.24) is 34.6 Å². The normalized spacial score (nSPS) is 13.3. The maximum absolute atomic E-state index is 13.5. The van der Waals surface area contributed by atoms with Crippen LogP contribution < -0.4 is 4.90 Å². The van der Waals surface area contributed by atoms with Gasteiger partial charge in [-0.1, -0.05) is 18.2 Å². The van der Waals surface area contributed by atoms with Gasteiger partial charge in [-0.15, -0.1) is 0 Å². The zero-order chi connectivity index (χ0) is 20.4. The molecule has 2 aromatic carbocycles. The zero-order valence-electron chi connectivity index (χ0n) is 16.0. The molecule has 8 nitrogen and oxygen atoms in total. The molecule has 0 saturated carbocycles. The summed E-state index contributed by atoms with van der Waals surface area (Å²) in [4.78, 5) is 5.15. The molecule has 2 heterocycles. The fourth-order valence-electron chi connectivity index (χ4n) is 3.06. The first-order chi connectivity index (χ1) is 14.0. The van der Waals surface area contributed by atoms with Crippen molar-refractivity contribution in [3.05, 3.63) is 77.3 Å². The van der Waals surface area contributed by atoms with E-state index < -0.39 is 0 Å². The Morgan fingerprint density at radius 2 is 1.90 bits per heavy atom. The molecule has 0 amide bonds. The first-order valence-electron chi connectivity index (χ1n) is 9.09. The Morgan fingerprint density at radius 1 is 1.10 bits per heavy atom. The lowest BCUT2D eigenvalue weighted by Gasteiger charge is -2.21. The van der Waals surface area contributed by atoms with Gasteiger partial charge >= 0.3 is 0 Å². The average molecular weight is 411 g/mol. The van der Waals surface area contributed by atoms with E-state index in [9.17, 15) is 4.39 Å². The van der Waals surface area contributed by atoms with E-state index in [0.717, 1.165) is 5.69 Å². The molecule has 10 heteroatoms. The molecular formula is C19H20FN8S+. The number of aromatic nitrogens is 7. The van der Waals surface area contributed by atoms with Crippen LogP contribution in [-0.4, -0.2) is 41.6 Å². The Kier molecular flexibility index (Phi) is 5.28. The van der Waals surface area contributed by atoms with Crippen molar-refractivity contribution in [2.24, 2.45) is 0 Å². The molecule has 0 bridgehead atoms. The number of nitrogens with one attached hydrogen (secondary N) is 1. The monoisotopic (exact) mass is 411 g/mol. The molecule has 29 heavy (non-hydrogen) atoms. The Morgan fingerprint density at radius 3 is 2.59 bits per heavy atom. The van der Waals surface area contributed by atoms with Crippen LogP contribution in [0.5, 0.6) is 0 Å². The van der Waals surface area contributed by atoms with E-state index in [1.165, 1.54) is 33.6 Å². The van der Waals surface area contributed by atoms with E-state index >= 15 is 0 Å². The summed E-state index contributed by atoms with van der Waals surface area (Å²) in [5.41, 5.74) is 2.68. The van der Waals surface area contributed by atoms with Crippen molar-refractivity contribution in [3.8, 4) is 11.4 Å². The summed E-state index contributed by atoms with van der Waals surface area (Å²) in [7, 11) is 2.07. The average Bonchev–Trinajstić information content (AvgIpc) is 3.38. The van der Waals surface area contributed by atoms with E-state index in [1.54, 1.807) is 27.8 Å². The maximum Gasteiger partial charge on any atom is 0.225 e. The first-order valence-corrected chi connectivity index (χ1v) is 9.50. The van der Waals surface area contributed by atoms with Gasteiger partial charge in [-0.25, -0.2) is 14.1 Å². The van der Waals surface area contributed by atoms with Crippen molar-refractivity contribution in [1.29, 1.82) is 0 Å². The van der Waals surface area contributed by atoms with E-state index in [-0.39, 0.29) is 11.9 Å². The minimum absolute atomic E-state index is 0.195. The molecule has 0 aliphatic rings. The second-order valence-corrected chi connectivity index (χ2v) is 7.18. The molecule has 0 spiro atoms. The van der Waals surface area contributed by atoms with Gasteiger partial charge in [0.1, 0.15) is 24.5 Å². The van der Waals surface area contributed by atoms with Gasteiger partial charge in [-0.2, -0.15) is 14.5 Å². The topological polar surface area (TPSA) is 70.8 Å². The highest BCUT2D eigenvalue weighted by molar-refractivity contribution is 7.71. The van der Waals surface area contributed by atoms with E-state index in [0.29, 0.717) is 17.1 Å². The quantitative estimate of drug-likeness (QED) is 0.490. The molecule has 0 saturated heterocycles. The third kappa shape index (κ3) is 3.98. The van der Waals surface area contributed by atoms with Crippen LogP contribution in [-0.2, 0) is 6.67 Å². The van der Waals surface area contributed by atoms with Crippen LogP contribution >= 0.6 is 12.2 Å². The Hall–Kier alpha value is -3.24. The largest absolute Gasteiger partial charge is 0.313 e. The summed E-state index contributed by atoms with van der Waals surface area (Å²) < 4.78 is 18.7. The zero-order valence-corrected chi connectivity index (χ0v) is 16.8. The molecule has 1 N–H and O–H groups in total. The highest BCUT2D eigenvalue weighted by Gasteiger charge is 2.18. The lowest BCUT2D eigenvalue weighted by Crippen LogP contribution is -3.08. The molecule has 2 aromatic heterocycles. The Balaban J connectivity index is 1.49. The van der Waals surface area contributed by atoms with Gasteiger partial charge in [-0.3, -0.25) is 0 Å². The SMILES string of the molecule is C[C@H](c1ccc(-n2cncn2)cc1)[NH+](C)Cn1nnn(-c2cccc(F)c2)c1=S. The summed E-state index contributed by atoms with van der Waals surface area (Å²) in [6.07, 6.45) is 3.18. The lowest BCUT2D eigenvalue weighted by molar-refractivity contribution is -0.933. The predicted octanol–water partition coefficient (Wildman–Crippen LogP) is 1.75. The number of halogens is 1. The number of rotatable bonds is 6. The molecule has 0 aliphatic heterocycles. The van der Waals surface area contributed by atoms with Crippen molar-refractivity contribution in [2.75, 3.05) is 7.05 Å². The minimum Gasteiger partial charge on any atom is -0.313 e. The van der Waals surface area contributed by atoms with Crippen LogP contribution in [0.25, 0.3) is 11.4 Å². The molecular weight excluding hydrogens is 391 g/mol. The fraction of sp³-hybridized carbons (Fsp3) is 0.211. The number of nitrogens with zero attached hydrogens (tertiary/aromatic N) is 7. The van der Waals surface area contributed by atoms with Crippen molar-refractivity contribution in [3.63, 3.8) is 0 Å². The van der Waals surface area contributed by atoms with Gasteiger partial charge in [0.25, 0.3) is 0 Å². The third-order valence-electron chi connectivity index (χ3n) is 4.91. The van der Waals surface area contributed by atoms with Gasteiger partial charge in [0.05, 0.1) is 18.4 Å². The highest BCUT2D eigenvalue weighted by atomic mass is 32.1. The number of quaternary nitrogens is 1. The van der Waals surface area contributed by atoms with Gasteiger partial charge < -0.3 is 4.90 Å². The Bertz CT molecular complexity index is 1150. The fourth-order valence-corrected chi connectivity index (χ4v) is 3.30. The second-order valence-electron chi connectivity index (χ2n) is 6.81. The van der Waals surface area contributed by atoms with Crippen LogP contribution in [0.4, 0.5) is 4.39 Å². The summed E-state index contributed by atoms with van der Waals surface area (Å²) >= 11 is 5.48. The molecule has 4 rings (SSSR count). The predicted molar refractivity (Wildman–Crippen MR) is 107 cm³/mol. The van der Waals surface area contributed by atoms with Gasteiger partial charge in [-0.05, 0) is 59.9 Å². The molecule has 0 aliphatic carbocycles. The van der Waals surface area contributed by atoms with Crippen molar-refractivity contribution < 1.29 is 9.29 Å². The second kappa shape index (κ2) is 8.02. The van der Waals surface area contributed by atoms with E-state index in [4.69, 9.17) is 12.2 Å². The third-order valence-corrected chi connectivity index (χ3v) is 5.29. The van der Waals surface area contributed by atoms with E-state index in [2.05, 4.69) is 46.6 Å². The van der Waals surface area contributed by atoms with Gasteiger partial charge in [0, 0.05) is 5.56 Å². The molecule has 2 atom stereocenters. The smallest absolute Gasteiger partial charge is 0.225 e. The van der Waals surface area contributed by atoms with Gasteiger partial charge in [0.15, 0.2) is 6.67 Å². The van der Waals surface area contributed by atoms with Gasteiger partial charge in [0.2, 0.25) is 4.77 Å². The highest BCUT2D eigenvalue weighted by Crippen LogP contribution is 2.13.